The quantitative estimate of drug-likeness (QED) is 0.825. The average molecular weight is 362 g/mol. The number of rotatable bonds is 5. The van der Waals surface area contributed by atoms with E-state index in [-0.39, 0.29) is 5.91 Å². The fourth-order valence-corrected chi connectivity index (χ4v) is 2.69. The lowest BCUT2D eigenvalue weighted by Gasteiger charge is -2.19. The first kappa shape index (κ1) is 16.6. The first-order valence-electron chi connectivity index (χ1n) is 7.30. The third-order valence-electron chi connectivity index (χ3n) is 3.41. The lowest BCUT2D eigenvalue weighted by molar-refractivity contribution is -0.122. The van der Waals surface area contributed by atoms with Crippen LogP contribution in [0, 0.1) is 13.8 Å². The average Bonchev–Trinajstić information content (AvgIpc) is 2.49. The van der Waals surface area contributed by atoms with Crippen molar-refractivity contribution in [1.29, 1.82) is 0 Å². The highest BCUT2D eigenvalue weighted by Gasteiger charge is 2.20. The van der Waals surface area contributed by atoms with Gasteiger partial charge in [-0.2, -0.15) is 0 Å². The van der Waals surface area contributed by atoms with Crippen molar-refractivity contribution in [2.24, 2.45) is 0 Å². The molecule has 0 aliphatic carbocycles. The molecule has 1 N–H and O–H groups in total. The van der Waals surface area contributed by atoms with Gasteiger partial charge in [-0.1, -0.05) is 31.2 Å². The molecule has 0 spiro atoms. The molecule has 1 atom stereocenters. The van der Waals surface area contributed by atoms with Crippen molar-refractivity contribution < 1.29 is 9.53 Å². The Hall–Kier alpha value is -1.81. The Labute approximate surface area is 139 Å². The van der Waals surface area contributed by atoms with Crippen LogP contribution in [-0.4, -0.2) is 12.0 Å². The minimum Gasteiger partial charge on any atom is -0.480 e. The van der Waals surface area contributed by atoms with Crippen molar-refractivity contribution in [1.82, 2.24) is 0 Å². The van der Waals surface area contributed by atoms with E-state index in [4.69, 9.17) is 4.74 Å². The van der Waals surface area contributed by atoms with Gasteiger partial charge in [0.05, 0.1) is 5.69 Å². The van der Waals surface area contributed by atoms with E-state index in [1.165, 1.54) is 0 Å². The summed E-state index contributed by atoms with van der Waals surface area (Å²) >= 11 is 3.47. The summed E-state index contributed by atoms with van der Waals surface area (Å²) < 4.78 is 6.73. The van der Waals surface area contributed by atoms with Crippen LogP contribution < -0.4 is 10.1 Å². The van der Waals surface area contributed by atoms with Gasteiger partial charge in [0.25, 0.3) is 5.91 Å². The maximum atomic E-state index is 12.4. The Morgan fingerprint density at radius 1 is 1.23 bits per heavy atom. The maximum absolute atomic E-state index is 12.4. The van der Waals surface area contributed by atoms with E-state index in [0.29, 0.717) is 6.42 Å². The number of benzene rings is 2. The summed E-state index contributed by atoms with van der Waals surface area (Å²) in [6.45, 7) is 5.91. The van der Waals surface area contributed by atoms with Gasteiger partial charge in [0.1, 0.15) is 5.75 Å². The molecule has 3 nitrogen and oxygen atoms in total. The van der Waals surface area contributed by atoms with Crippen molar-refractivity contribution in [3.8, 4) is 5.75 Å². The predicted octanol–water partition coefficient (Wildman–Crippen LogP) is 4.86. The summed E-state index contributed by atoms with van der Waals surface area (Å²) in [6.07, 6.45) is 0.0817. The monoisotopic (exact) mass is 361 g/mol. The Bertz CT molecular complexity index is 670. The van der Waals surface area contributed by atoms with Crippen LogP contribution in [-0.2, 0) is 4.79 Å². The molecule has 0 bridgehead atoms. The van der Waals surface area contributed by atoms with Crippen molar-refractivity contribution in [3.05, 3.63) is 58.1 Å². The highest BCUT2D eigenvalue weighted by Crippen LogP contribution is 2.24. The topological polar surface area (TPSA) is 38.3 Å². The molecule has 22 heavy (non-hydrogen) atoms. The minimum absolute atomic E-state index is 0.143. The van der Waals surface area contributed by atoms with Crippen molar-refractivity contribution in [3.63, 3.8) is 0 Å². The third kappa shape index (κ3) is 4.10. The van der Waals surface area contributed by atoms with Gasteiger partial charge in [0, 0.05) is 4.47 Å². The van der Waals surface area contributed by atoms with Crippen LogP contribution in [0.3, 0.4) is 0 Å². The van der Waals surface area contributed by atoms with Crippen LogP contribution in [0.1, 0.15) is 24.5 Å². The summed E-state index contributed by atoms with van der Waals surface area (Å²) in [5, 5.41) is 2.92. The van der Waals surface area contributed by atoms with E-state index in [1.54, 1.807) is 0 Å². The minimum atomic E-state index is -0.519. The second-order valence-electron chi connectivity index (χ2n) is 5.25. The molecule has 0 aliphatic heterocycles. The molecule has 2 rings (SSSR count). The molecule has 2 aromatic carbocycles. The molecule has 0 radical (unpaired) electrons. The van der Waals surface area contributed by atoms with Crippen LogP contribution in [0.4, 0.5) is 5.69 Å². The van der Waals surface area contributed by atoms with Gasteiger partial charge in [-0.05, 0) is 65.5 Å². The zero-order chi connectivity index (χ0) is 16.1. The van der Waals surface area contributed by atoms with E-state index < -0.39 is 6.10 Å². The summed E-state index contributed by atoms with van der Waals surface area (Å²) in [6, 6.07) is 13.5. The third-order valence-corrected chi connectivity index (χ3v) is 4.06. The Morgan fingerprint density at radius 2 is 1.95 bits per heavy atom. The zero-order valence-electron chi connectivity index (χ0n) is 13.0. The fraction of sp³-hybridized carbons (Fsp3) is 0.278. The molecule has 1 unspecified atom stereocenters. The zero-order valence-corrected chi connectivity index (χ0v) is 14.6. The highest BCUT2D eigenvalue weighted by molar-refractivity contribution is 9.10. The number of anilines is 1. The molecule has 0 fully saturated rings. The second kappa shape index (κ2) is 7.45. The number of para-hydroxylation sites is 1. The van der Waals surface area contributed by atoms with Crippen LogP contribution in [0.2, 0.25) is 0 Å². The van der Waals surface area contributed by atoms with Gasteiger partial charge in [0.15, 0.2) is 6.10 Å². The number of nitrogens with one attached hydrogen (secondary N) is 1. The van der Waals surface area contributed by atoms with Gasteiger partial charge in [-0.3, -0.25) is 4.79 Å². The fourth-order valence-electron chi connectivity index (χ4n) is 2.10. The van der Waals surface area contributed by atoms with Gasteiger partial charge in [0.2, 0.25) is 0 Å². The molecule has 2 aromatic rings. The molecule has 0 aromatic heterocycles. The number of carbonyl (C=O) groups excluding carboxylic acids is 1. The molecular formula is C18H20BrNO2. The Balaban J connectivity index is 2.10. The molecule has 0 saturated carbocycles. The molecule has 1 amide bonds. The molecule has 0 aliphatic rings. The number of hydrogen-bond donors (Lipinski definition) is 1. The first-order valence-corrected chi connectivity index (χ1v) is 8.10. The molecule has 0 heterocycles. The summed E-state index contributed by atoms with van der Waals surface area (Å²) in [5.41, 5.74) is 2.90. The van der Waals surface area contributed by atoms with Crippen molar-refractivity contribution in [2.45, 2.75) is 33.3 Å². The lowest BCUT2D eigenvalue weighted by Crippen LogP contribution is -2.32. The molecule has 4 heteroatoms. The number of amides is 1. The van der Waals surface area contributed by atoms with Crippen molar-refractivity contribution in [2.75, 3.05) is 5.32 Å². The van der Waals surface area contributed by atoms with Crippen molar-refractivity contribution >= 4 is 27.5 Å². The van der Waals surface area contributed by atoms with E-state index in [2.05, 4.69) is 21.2 Å². The first-order chi connectivity index (χ1) is 10.5. The number of hydrogen-bond acceptors (Lipinski definition) is 2. The smallest absolute Gasteiger partial charge is 0.265 e. The van der Waals surface area contributed by atoms with Gasteiger partial charge in [-0.25, -0.2) is 0 Å². The van der Waals surface area contributed by atoms with Crippen LogP contribution in [0.15, 0.2) is 46.9 Å². The molecule has 116 valence electrons. The standard InChI is InChI=1S/C18H20BrNO2/c1-4-16(22-17-8-6-5-7-13(17)3)18(21)20-15-10-9-12(2)11-14(15)19/h5-11,16H,4H2,1-3H3,(H,20,21). The Kier molecular flexibility index (Phi) is 5.61. The predicted molar refractivity (Wildman–Crippen MR) is 93.4 cm³/mol. The normalized spacial score (nSPS) is 11.8. The van der Waals surface area contributed by atoms with Gasteiger partial charge < -0.3 is 10.1 Å². The maximum Gasteiger partial charge on any atom is 0.265 e. The van der Waals surface area contributed by atoms with Gasteiger partial charge in [-0.15, -0.1) is 0 Å². The number of ether oxygens (including phenoxy) is 1. The Morgan fingerprint density at radius 3 is 2.59 bits per heavy atom. The van der Waals surface area contributed by atoms with Crippen LogP contribution in [0.5, 0.6) is 5.75 Å². The summed E-state index contributed by atoms with van der Waals surface area (Å²) in [7, 11) is 0. The van der Waals surface area contributed by atoms with E-state index in [9.17, 15) is 4.79 Å². The second-order valence-corrected chi connectivity index (χ2v) is 6.11. The number of carbonyl (C=O) groups is 1. The van der Waals surface area contributed by atoms with E-state index in [1.807, 2.05) is 63.2 Å². The lowest BCUT2D eigenvalue weighted by atomic mass is 10.2. The highest BCUT2D eigenvalue weighted by atomic mass is 79.9. The molecule has 0 saturated heterocycles. The summed E-state index contributed by atoms with van der Waals surface area (Å²) in [4.78, 5) is 12.4. The van der Waals surface area contributed by atoms with Crippen LogP contribution >= 0.6 is 15.9 Å². The molecular weight excluding hydrogens is 342 g/mol. The largest absolute Gasteiger partial charge is 0.480 e. The summed E-state index contributed by atoms with van der Waals surface area (Å²) in [5.74, 6) is 0.600. The SMILES string of the molecule is CCC(Oc1ccccc1C)C(=O)Nc1ccc(C)cc1Br. The number of halogens is 1. The van der Waals surface area contributed by atoms with E-state index in [0.717, 1.165) is 27.0 Å². The van der Waals surface area contributed by atoms with Gasteiger partial charge >= 0.3 is 0 Å². The van der Waals surface area contributed by atoms with E-state index >= 15 is 0 Å². The number of aryl methyl sites for hydroxylation is 2. The van der Waals surface area contributed by atoms with Crippen LogP contribution in [0.25, 0.3) is 0 Å².